The van der Waals surface area contributed by atoms with Crippen molar-refractivity contribution in [3.8, 4) is 0 Å². The monoisotopic (exact) mass is 362 g/mol. The van der Waals surface area contributed by atoms with Crippen molar-refractivity contribution >= 4 is 18.1 Å². The normalized spacial score (nSPS) is 16.1. The van der Waals surface area contributed by atoms with Crippen LogP contribution in [0.3, 0.4) is 0 Å². The Kier molecular flexibility index (Phi) is 6.51. The average Bonchev–Trinajstić information content (AvgIpc) is 2.97. The molecule has 0 aromatic carbocycles. The lowest BCUT2D eigenvalue weighted by Gasteiger charge is -2.34. The van der Waals surface area contributed by atoms with E-state index in [1.54, 1.807) is 24.1 Å². The lowest BCUT2D eigenvalue weighted by Crippen LogP contribution is -2.42. The first-order valence-corrected chi connectivity index (χ1v) is 9.11. The molecule has 0 atom stereocenters. The van der Waals surface area contributed by atoms with Gasteiger partial charge in [0.05, 0.1) is 0 Å². The molecule has 0 N–H and O–H groups in total. The molecule has 2 rings (SSSR count). The van der Waals surface area contributed by atoms with Crippen molar-refractivity contribution in [2.24, 2.45) is 5.92 Å². The Morgan fingerprint density at radius 3 is 2.50 bits per heavy atom. The van der Waals surface area contributed by atoms with Crippen molar-refractivity contribution in [2.75, 3.05) is 26.7 Å². The second kappa shape index (κ2) is 8.43. The van der Waals surface area contributed by atoms with E-state index in [4.69, 9.17) is 9.15 Å². The van der Waals surface area contributed by atoms with E-state index in [1.807, 2.05) is 44.7 Å². The molecule has 6 nitrogen and oxygen atoms in total. The SMILES string of the molecule is Cc1ccc(/C=C/C(=O)N2CCC(CN(C)C(=O)OC(C)(C)C)CC2)o1. The Morgan fingerprint density at radius 2 is 1.96 bits per heavy atom. The Morgan fingerprint density at radius 1 is 1.31 bits per heavy atom. The molecule has 2 amide bonds. The van der Waals surface area contributed by atoms with Gasteiger partial charge in [-0.2, -0.15) is 0 Å². The van der Waals surface area contributed by atoms with E-state index in [0.29, 0.717) is 31.3 Å². The van der Waals surface area contributed by atoms with Crippen LogP contribution in [-0.4, -0.2) is 54.1 Å². The Hall–Kier alpha value is -2.24. The molecule has 1 aromatic rings. The van der Waals surface area contributed by atoms with Crippen LogP contribution in [-0.2, 0) is 9.53 Å². The molecule has 0 radical (unpaired) electrons. The molecule has 6 heteroatoms. The van der Waals surface area contributed by atoms with Gasteiger partial charge < -0.3 is 19.0 Å². The van der Waals surface area contributed by atoms with E-state index >= 15 is 0 Å². The molecule has 1 aliphatic rings. The molecule has 0 unspecified atom stereocenters. The molecular weight excluding hydrogens is 332 g/mol. The molecule has 144 valence electrons. The van der Waals surface area contributed by atoms with E-state index in [1.165, 1.54) is 0 Å². The van der Waals surface area contributed by atoms with Gasteiger partial charge in [-0.3, -0.25) is 4.79 Å². The van der Waals surface area contributed by atoms with E-state index in [0.717, 1.165) is 18.6 Å². The van der Waals surface area contributed by atoms with Gasteiger partial charge in [-0.15, -0.1) is 0 Å². The first-order chi connectivity index (χ1) is 12.1. The van der Waals surface area contributed by atoms with Crippen LogP contribution in [0, 0.1) is 12.8 Å². The van der Waals surface area contributed by atoms with Crippen molar-refractivity contribution in [2.45, 2.75) is 46.1 Å². The number of hydrogen-bond donors (Lipinski definition) is 0. The molecular formula is C20H30N2O4. The summed E-state index contributed by atoms with van der Waals surface area (Å²) in [6, 6.07) is 3.72. The molecule has 0 saturated carbocycles. The average molecular weight is 362 g/mol. The van der Waals surface area contributed by atoms with Gasteiger partial charge in [-0.25, -0.2) is 4.79 Å². The Balaban J connectivity index is 1.77. The molecule has 1 fully saturated rings. The third-order valence-corrected chi connectivity index (χ3v) is 4.31. The number of carbonyl (C=O) groups excluding carboxylic acids is 2. The van der Waals surface area contributed by atoms with Crippen molar-refractivity contribution in [1.82, 2.24) is 9.80 Å². The highest BCUT2D eigenvalue weighted by molar-refractivity contribution is 5.91. The first-order valence-electron chi connectivity index (χ1n) is 9.11. The van der Waals surface area contributed by atoms with Gasteiger partial charge >= 0.3 is 6.09 Å². The standard InChI is InChI=1S/C20H30N2O4/c1-15-6-7-17(25-15)8-9-18(23)22-12-10-16(11-13-22)14-21(5)19(24)26-20(2,3)4/h6-9,16H,10-14H2,1-5H3/b9-8+. The van der Waals surface area contributed by atoms with Crippen molar-refractivity contribution in [3.05, 3.63) is 29.7 Å². The predicted molar refractivity (Wildman–Crippen MR) is 101 cm³/mol. The number of carbonyl (C=O) groups is 2. The summed E-state index contributed by atoms with van der Waals surface area (Å²) in [5.74, 6) is 1.89. The van der Waals surface area contributed by atoms with Crippen LogP contribution in [0.25, 0.3) is 6.08 Å². The van der Waals surface area contributed by atoms with E-state index in [9.17, 15) is 9.59 Å². The van der Waals surface area contributed by atoms with Gasteiger partial charge in [0.2, 0.25) is 5.91 Å². The number of ether oxygens (including phenoxy) is 1. The maximum atomic E-state index is 12.3. The van der Waals surface area contributed by atoms with Crippen molar-refractivity contribution in [1.29, 1.82) is 0 Å². The molecule has 2 heterocycles. The van der Waals surface area contributed by atoms with Gasteiger partial charge in [0, 0.05) is 32.8 Å². The fraction of sp³-hybridized carbons (Fsp3) is 0.600. The fourth-order valence-corrected chi connectivity index (χ4v) is 2.94. The maximum Gasteiger partial charge on any atom is 0.410 e. The summed E-state index contributed by atoms with van der Waals surface area (Å²) in [5, 5.41) is 0. The number of rotatable bonds is 4. The molecule has 0 bridgehead atoms. The quantitative estimate of drug-likeness (QED) is 0.766. The summed E-state index contributed by atoms with van der Waals surface area (Å²) in [6.07, 6.45) is 4.73. The zero-order valence-electron chi connectivity index (χ0n) is 16.4. The number of hydrogen-bond acceptors (Lipinski definition) is 4. The summed E-state index contributed by atoms with van der Waals surface area (Å²) in [7, 11) is 1.76. The Bertz CT molecular complexity index is 649. The number of amides is 2. The highest BCUT2D eigenvalue weighted by Gasteiger charge is 2.26. The summed E-state index contributed by atoms with van der Waals surface area (Å²) < 4.78 is 10.8. The number of piperidine rings is 1. The van der Waals surface area contributed by atoms with Crippen LogP contribution < -0.4 is 0 Å². The number of aryl methyl sites for hydroxylation is 1. The van der Waals surface area contributed by atoms with Gasteiger partial charge in [0.1, 0.15) is 17.1 Å². The molecule has 0 aliphatic carbocycles. The largest absolute Gasteiger partial charge is 0.462 e. The van der Waals surface area contributed by atoms with Crippen LogP contribution in [0.4, 0.5) is 4.79 Å². The van der Waals surface area contributed by atoms with Crippen LogP contribution >= 0.6 is 0 Å². The van der Waals surface area contributed by atoms with E-state index in [2.05, 4.69) is 0 Å². The Labute approximate surface area is 155 Å². The van der Waals surface area contributed by atoms with Gasteiger partial charge in [0.15, 0.2) is 0 Å². The summed E-state index contributed by atoms with van der Waals surface area (Å²) in [5.41, 5.74) is -0.486. The third kappa shape index (κ3) is 6.24. The fourth-order valence-electron chi connectivity index (χ4n) is 2.94. The number of nitrogens with zero attached hydrogens (tertiary/aromatic N) is 2. The molecule has 1 aromatic heterocycles. The van der Waals surface area contributed by atoms with Crippen molar-refractivity contribution in [3.63, 3.8) is 0 Å². The summed E-state index contributed by atoms with van der Waals surface area (Å²) in [6.45, 7) is 9.51. The van der Waals surface area contributed by atoms with Crippen LogP contribution in [0.1, 0.15) is 45.1 Å². The highest BCUT2D eigenvalue weighted by Crippen LogP contribution is 2.20. The zero-order chi connectivity index (χ0) is 19.3. The molecule has 26 heavy (non-hydrogen) atoms. The molecule has 0 spiro atoms. The number of furan rings is 1. The highest BCUT2D eigenvalue weighted by atomic mass is 16.6. The van der Waals surface area contributed by atoms with Gasteiger partial charge in [-0.1, -0.05) is 0 Å². The second-order valence-corrected chi connectivity index (χ2v) is 7.91. The van der Waals surface area contributed by atoms with Crippen molar-refractivity contribution < 1.29 is 18.7 Å². The van der Waals surface area contributed by atoms with Gasteiger partial charge in [0.25, 0.3) is 0 Å². The lowest BCUT2D eigenvalue weighted by molar-refractivity contribution is -0.127. The molecule has 1 saturated heterocycles. The second-order valence-electron chi connectivity index (χ2n) is 7.91. The smallest absolute Gasteiger partial charge is 0.410 e. The zero-order valence-corrected chi connectivity index (χ0v) is 16.4. The van der Waals surface area contributed by atoms with Crippen LogP contribution in [0.2, 0.25) is 0 Å². The minimum Gasteiger partial charge on any atom is -0.462 e. The summed E-state index contributed by atoms with van der Waals surface area (Å²) in [4.78, 5) is 27.8. The van der Waals surface area contributed by atoms with E-state index in [-0.39, 0.29) is 12.0 Å². The van der Waals surface area contributed by atoms with Gasteiger partial charge in [-0.05, 0) is 64.7 Å². The minimum absolute atomic E-state index is 0.00185. The number of likely N-dealkylation sites (tertiary alicyclic amines) is 1. The summed E-state index contributed by atoms with van der Waals surface area (Å²) >= 11 is 0. The van der Waals surface area contributed by atoms with Crippen LogP contribution in [0.15, 0.2) is 22.6 Å². The first kappa shape index (κ1) is 20.1. The molecule has 1 aliphatic heterocycles. The topological polar surface area (TPSA) is 63.0 Å². The van der Waals surface area contributed by atoms with Crippen LogP contribution in [0.5, 0.6) is 0 Å². The lowest BCUT2D eigenvalue weighted by atomic mass is 9.96. The maximum absolute atomic E-state index is 12.3. The van der Waals surface area contributed by atoms with E-state index < -0.39 is 5.60 Å². The third-order valence-electron chi connectivity index (χ3n) is 4.31. The predicted octanol–water partition coefficient (Wildman–Crippen LogP) is 3.71. The minimum atomic E-state index is -0.486.